The number of benzene rings is 1. The molecule has 1 fully saturated rings. The molecule has 2 aromatic heterocycles. The largest absolute Gasteiger partial charge is 0.437 e. The summed E-state index contributed by atoms with van der Waals surface area (Å²) in [7, 11) is -2.39. The molecule has 0 bridgehead atoms. The Morgan fingerprint density at radius 3 is 2.50 bits per heavy atom. The van der Waals surface area contributed by atoms with Crippen LogP contribution in [0.3, 0.4) is 0 Å². The van der Waals surface area contributed by atoms with Crippen molar-refractivity contribution in [1.29, 1.82) is 0 Å². The number of amides is 1. The number of nitrogens with one attached hydrogen (secondary N) is 1. The van der Waals surface area contributed by atoms with Crippen molar-refractivity contribution in [3.8, 4) is 11.6 Å². The lowest BCUT2D eigenvalue weighted by atomic mass is 10.2. The van der Waals surface area contributed by atoms with Crippen LogP contribution in [0.2, 0.25) is 10.2 Å². The van der Waals surface area contributed by atoms with Gasteiger partial charge in [-0.25, -0.2) is 13.1 Å². The standard InChI is InChI=1S/C22H25Cl2N7O4S/c1-4-16-20(24)26-22(28-36(33,34)15-12-25-29(3)13-15)27-21(16)35-18-7-5-6-17(19(18)23)31-10-8-30(9-11-31)14(2)32/h5-7,12-13H,4,8-11H2,1-3H3,(H,26,27,28). The SMILES string of the molecule is CCc1c(Cl)nc(NS(=O)(=O)c2cnn(C)c2)nc1Oc1cccc(N2CCN(C(C)=O)CC2)c1Cl. The summed E-state index contributed by atoms with van der Waals surface area (Å²) in [5, 5.41) is 4.30. The Morgan fingerprint density at radius 2 is 1.89 bits per heavy atom. The van der Waals surface area contributed by atoms with E-state index in [1.54, 1.807) is 31.0 Å². The van der Waals surface area contributed by atoms with Crippen LogP contribution in [0.5, 0.6) is 11.6 Å². The number of nitrogens with zero attached hydrogens (tertiary/aromatic N) is 6. The third-order valence-electron chi connectivity index (χ3n) is 5.70. The third kappa shape index (κ3) is 5.50. The lowest BCUT2D eigenvalue weighted by Gasteiger charge is -2.36. The number of sulfonamides is 1. The van der Waals surface area contributed by atoms with Gasteiger partial charge in [-0.1, -0.05) is 36.2 Å². The maximum Gasteiger partial charge on any atom is 0.267 e. The molecule has 0 unspecified atom stereocenters. The van der Waals surface area contributed by atoms with Crippen LogP contribution >= 0.6 is 23.2 Å². The van der Waals surface area contributed by atoms with Gasteiger partial charge < -0.3 is 14.5 Å². The van der Waals surface area contributed by atoms with Crippen LogP contribution < -0.4 is 14.4 Å². The number of carbonyl (C=O) groups excluding carboxylic acids is 1. The predicted molar refractivity (Wildman–Crippen MR) is 136 cm³/mol. The van der Waals surface area contributed by atoms with Gasteiger partial charge in [0.2, 0.25) is 17.7 Å². The molecule has 36 heavy (non-hydrogen) atoms. The van der Waals surface area contributed by atoms with Gasteiger partial charge in [0.05, 0.1) is 17.4 Å². The molecule has 1 aliphatic rings. The molecule has 0 spiro atoms. The number of ether oxygens (including phenoxy) is 1. The van der Waals surface area contributed by atoms with Gasteiger partial charge in [-0.15, -0.1) is 0 Å². The lowest BCUT2D eigenvalue weighted by molar-refractivity contribution is -0.129. The smallest absolute Gasteiger partial charge is 0.267 e. The van der Waals surface area contributed by atoms with Crippen LogP contribution in [0, 0.1) is 0 Å². The fraction of sp³-hybridized carbons (Fsp3) is 0.364. The van der Waals surface area contributed by atoms with Gasteiger partial charge in [0.15, 0.2) is 0 Å². The first-order chi connectivity index (χ1) is 17.1. The molecule has 1 saturated heterocycles. The number of aromatic nitrogens is 4. The molecule has 1 N–H and O–H groups in total. The number of piperazine rings is 1. The van der Waals surface area contributed by atoms with Crippen molar-refractivity contribution in [2.45, 2.75) is 25.2 Å². The third-order valence-corrected chi connectivity index (χ3v) is 7.68. The van der Waals surface area contributed by atoms with Gasteiger partial charge in [0.1, 0.15) is 20.8 Å². The van der Waals surface area contributed by atoms with Crippen molar-refractivity contribution in [2.75, 3.05) is 35.8 Å². The Morgan fingerprint density at radius 1 is 1.17 bits per heavy atom. The summed E-state index contributed by atoms with van der Waals surface area (Å²) in [6.07, 6.45) is 3.00. The van der Waals surface area contributed by atoms with Crippen molar-refractivity contribution < 1.29 is 17.9 Å². The number of rotatable bonds is 7. The number of aryl methyl sites for hydroxylation is 1. The maximum absolute atomic E-state index is 12.7. The van der Waals surface area contributed by atoms with Gasteiger partial charge in [0, 0.05) is 46.3 Å². The zero-order chi connectivity index (χ0) is 26.0. The average molecular weight is 554 g/mol. The minimum absolute atomic E-state index is 0.0421. The highest BCUT2D eigenvalue weighted by atomic mass is 35.5. The molecule has 1 aromatic carbocycles. The van der Waals surface area contributed by atoms with Crippen molar-refractivity contribution in [1.82, 2.24) is 24.6 Å². The van der Waals surface area contributed by atoms with E-state index in [1.165, 1.54) is 17.1 Å². The minimum atomic E-state index is -3.99. The van der Waals surface area contributed by atoms with E-state index in [1.807, 2.05) is 13.0 Å². The van der Waals surface area contributed by atoms with E-state index in [-0.39, 0.29) is 27.8 Å². The summed E-state index contributed by atoms with van der Waals surface area (Å²) in [6, 6.07) is 5.36. The minimum Gasteiger partial charge on any atom is -0.437 e. The second-order valence-electron chi connectivity index (χ2n) is 8.11. The van der Waals surface area contributed by atoms with E-state index >= 15 is 0 Å². The quantitative estimate of drug-likeness (QED) is 0.442. The summed E-state index contributed by atoms with van der Waals surface area (Å²) in [6.45, 7) is 5.85. The van der Waals surface area contributed by atoms with E-state index in [0.29, 0.717) is 48.9 Å². The first kappa shape index (κ1) is 26.0. The summed E-state index contributed by atoms with van der Waals surface area (Å²) in [5.41, 5.74) is 1.26. The molecule has 14 heteroatoms. The second-order valence-corrected chi connectivity index (χ2v) is 10.5. The highest BCUT2D eigenvalue weighted by Crippen LogP contribution is 2.39. The summed E-state index contributed by atoms with van der Waals surface area (Å²) >= 11 is 13.1. The van der Waals surface area contributed by atoms with E-state index in [4.69, 9.17) is 27.9 Å². The Kier molecular flexibility index (Phi) is 7.57. The molecule has 1 amide bonds. The molecule has 11 nitrogen and oxygen atoms in total. The van der Waals surface area contributed by atoms with Gasteiger partial charge in [0.25, 0.3) is 10.0 Å². The Labute approximate surface area is 219 Å². The normalized spacial score (nSPS) is 14.1. The molecule has 1 aliphatic heterocycles. The highest BCUT2D eigenvalue weighted by molar-refractivity contribution is 7.92. The number of anilines is 2. The van der Waals surface area contributed by atoms with E-state index in [9.17, 15) is 13.2 Å². The molecular weight excluding hydrogens is 529 g/mol. The molecule has 192 valence electrons. The molecular formula is C22H25Cl2N7O4S. The van der Waals surface area contributed by atoms with Gasteiger partial charge in [-0.05, 0) is 18.6 Å². The van der Waals surface area contributed by atoms with E-state index < -0.39 is 10.0 Å². The van der Waals surface area contributed by atoms with Crippen LogP contribution in [-0.2, 0) is 28.3 Å². The maximum atomic E-state index is 12.7. The average Bonchev–Trinajstić information content (AvgIpc) is 3.27. The monoisotopic (exact) mass is 553 g/mol. The summed E-state index contributed by atoms with van der Waals surface area (Å²) in [5.74, 6) is 0.208. The lowest BCUT2D eigenvalue weighted by Crippen LogP contribution is -2.48. The van der Waals surface area contributed by atoms with E-state index in [2.05, 4.69) is 24.7 Å². The molecule has 0 saturated carbocycles. The first-order valence-corrected chi connectivity index (χ1v) is 13.4. The Hall–Kier alpha value is -3.09. The van der Waals surface area contributed by atoms with Crippen LogP contribution in [-0.4, -0.2) is 65.2 Å². The van der Waals surface area contributed by atoms with E-state index in [0.717, 1.165) is 5.69 Å². The van der Waals surface area contributed by atoms with Gasteiger partial charge in [-0.2, -0.15) is 15.1 Å². The van der Waals surface area contributed by atoms with Crippen molar-refractivity contribution in [3.63, 3.8) is 0 Å². The zero-order valence-corrected chi connectivity index (χ0v) is 22.2. The Balaban J connectivity index is 1.61. The Bertz CT molecular complexity index is 1390. The fourth-order valence-electron chi connectivity index (χ4n) is 3.77. The second kappa shape index (κ2) is 10.5. The van der Waals surface area contributed by atoms with Crippen LogP contribution in [0.1, 0.15) is 19.4 Å². The molecule has 3 aromatic rings. The molecule has 3 heterocycles. The molecule has 0 radical (unpaired) electrons. The highest BCUT2D eigenvalue weighted by Gasteiger charge is 2.24. The first-order valence-electron chi connectivity index (χ1n) is 11.1. The molecule has 0 aliphatic carbocycles. The van der Waals surface area contributed by atoms with Crippen molar-refractivity contribution in [2.24, 2.45) is 7.05 Å². The van der Waals surface area contributed by atoms with Crippen LogP contribution in [0.15, 0.2) is 35.5 Å². The summed E-state index contributed by atoms with van der Waals surface area (Å²) < 4.78 is 35.2. The fourth-order valence-corrected chi connectivity index (χ4v) is 5.28. The van der Waals surface area contributed by atoms with Crippen LogP contribution in [0.4, 0.5) is 11.6 Å². The number of halogens is 2. The van der Waals surface area contributed by atoms with Crippen molar-refractivity contribution >= 4 is 50.8 Å². The van der Waals surface area contributed by atoms with Gasteiger partial charge >= 0.3 is 0 Å². The summed E-state index contributed by atoms with van der Waals surface area (Å²) in [4.78, 5) is 23.8. The van der Waals surface area contributed by atoms with Gasteiger partial charge in [-0.3, -0.25) is 9.48 Å². The topological polar surface area (TPSA) is 123 Å². The zero-order valence-electron chi connectivity index (χ0n) is 19.9. The predicted octanol–water partition coefficient (Wildman–Crippen LogP) is 3.34. The molecule has 4 rings (SSSR count). The van der Waals surface area contributed by atoms with Crippen molar-refractivity contribution in [3.05, 3.63) is 46.3 Å². The number of hydrogen-bond acceptors (Lipinski definition) is 8. The number of carbonyl (C=O) groups is 1. The molecule has 0 atom stereocenters. The number of hydrogen-bond donors (Lipinski definition) is 1. The van der Waals surface area contributed by atoms with Crippen LogP contribution in [0.25, 0.3) is 0 Å².